The van der Waals surface area contributed by atoms with Crippen molar-refractivity contribution in [3.05, 3.63) is 24.3 Å². The molecule has 4 nitrogen and oxygen atoms in total. The Morgan fingerprint density at radius 2 is 1.94 bits per heavy atom. The van der Waals surface area contributed by atoms with Crippen molar-refractivity contribution < 1.29 is 14.7 Å². The Bertz CT molecular complexity index is 293. The Balaban J connectivity index is 4.28. The van der Waals surface area contributed by atoms with Crippen molar-refractivity contribution in [2.24, 2.45) is 5.92 Å². The summed E-state index contributed by atoms with van der Waals surface area (Å²) in [5, 5.41) is 11.3. The zero-order valence-electron chi connectivity index (χ0n) is 9.93. The number of amides is 1. The van der Waals surface area contributed by atoms with Crippen LogP contribution in [0.4, 0.5) is 0 Å². The van der Waals surface area contributed by atoms with Gasteiger partial charge in [0, 0.05) is 12.1 Å². The van der Waals surface area contributed by atoms with Crippen LogP contribution in [-0.2, 0) is 9.59 Å². The van der Waals surface area contributed by atoms with Crippen LogP contribution in [0.3, 0.4) is 0 Å². The lowest BCUT2D eigenvalue weighted by Gasteiger charge is -2.19. The van der Waals surface area contributed by atoms with Gasteiger partial charge in [0.1, 0.15) is 0 Å². The Morgan fingerprint density at radius 3 is 2.38 bits per heavy atom. The quantitative estimate of drug-likeness (QED) is 0.534. The molecule has 90 valence electrons. The summed E-state index contributed by atoms with van der Waals surface area (Å²) in [5.74, 6) is -1.08. The van der Waals surface area contributed by atoms with Crippen molar-refractivity contribution in [3.63, 3.8) is 0 Å². The Morgan fingerprint density at radius 1 is 1.31 bits per heavy atom. The second kappa shape index (κ2) is 7.68. The van der Waals surface area contributed by atoms with E-state index in [0.717, 1.165) is 0 Å². The molecular formula is C12H19NO3. The molecule has 16 heavy (non-hydrogen) atoms. The summed E-state index contributed by atoms with van der Waals surface area (Å²) in [6.07, 6.45) is 6.49. The highest BCUT2D eigenvalue weighted by Crippen LogP contribution is 2.05. The summed E-state index contributed by atoms with van der Waals surface area (Å²) >= 11 is 0. The molecule has 4 heteroatoms. The minimum absolute atomic E-state index is 0.0547. The van der Waals surface area contributed by atoms with Gasteiger partial charge >= 0.3 is 5.97 Å². The van der Waals surface area contributed by atoms with E-state index in [9.17, 15) is 9.59 Å². The van der Waals surface area contributed by atoms with Gasteiger partial charge in [-0.05, 0) is 12.8 Å². The molecule has 0 aliphatic heterocycles. The molecular weight excluding hydrogens is 206 g/mol. The number of rotatable bonds is 6. The predicted molar refractivity (Wildman–Crippen MR) is 63.0 cm³/mol. The smallest absolute Gasteiger partial charge is 0.305 e. The molecule has 1 atom stereocenters. The number of hydrogen-bond acceptors (Lipinski definition) is 2. The van der Waals surface area contributed by atoms with Crippen molar-refractivity contribution in [3.8, 4) is 0 Å². The summed E-state index contributed by atoms with van der Waals surface area (Å²) in [6, 6.07) is -0.333. The number of allylic oxidation sites excluding steroid dienone is 3. The molecule has 2 N–H and O–H groups in total. The average molecular weight is 225 g/mol. The summed E-state index contributed by atoms with van der Waals surface area (Å²) in [7, 11) is 0. The summed E-state index contributed by atoms with van der Waals surface area (Å²) < 4.78 is 0. The van der Waals surface area contributed by atoms with Crippen LogP contribution in [0.2, 0.25) is 0 Å². The van der Waals surface area contributed by atoms with E-state index < -0.39 is 5.97 Å². The topological polar surface area (TPSA) is 66.4 Å². The van der Waals surface area contributed by atoms with Gasteiger partial charge in [0.05, 0.1) is 6.42 Å². The molecule has 0 aromatic carbocycles. The fraction of sp³-hybridized carbons (Fsp3) is 0.500. The van der Waals surface area contributed by atoms with E-state index in [2.05, 4.69) is 5.32 Å². The molecule has 0 fully saturated rings. The van der Waals surface area contributed by atoms with Crippen molar-refractivity contribution in [1.82, 2.24) is 5.32 Å². The SMILES string of the molecule is CC=CC=CC(=O)NC(CC(=O)O)C(C)C. The monoisotopic (exact) mass is 225 g/mol. The highest BCUT2D eigenvalue weighted by Gasteiger charge is 2.17. The van der Waals surface area contributed by atoms with E-state index in [1.54, 1.807) is 18.2 Å². The zero-order valence-corrected chi connectivity index (χ0v) is 9.93. The zero-order chi connectivity index (χ0) is 12.6. The molecule has 0 heterocycles. The lowest BCUT2D eigenvalue weighted by Crippen LogP contribution is -2.39. The van der Waals surface area contributed by atoms with Crippen molar-refractivity contribution in [2.75, 3.05) is 0 Å². The van der Waals surface area contributed by atoms with Gasteiger partial charge < -0.3 is 10.4 Å². The van der Waals surface area contributed by atoms with Crippen LogP contribution in [0.25, 0.3) is 0 Å². The molecule has 0 radical (unpaired) electrons. The lowest BCUT2D eigenvalue weighted by molar-refractivity contribution is -0.138. The highest BCUT2D eigenvalue weighted by molar-refractivity contribution is 5.88. The largest absolute Gasteiger partial charge is 0.481 e. The van der Waals surface area contributed by atoms with Crippen molar-refractivity contribution >= 4 is 11.9 Å². The third kappa shape index (κ3) is 6.81. The molecule has 0 spiro atoms. The number of nitrogens with one attached hydrogen (secondary N) is 1. The number of carboxylic acid groups (broad SMARTS) is 1. The number of hydrogen-bond donors (Lipinski definition) is 2. The second-order valence-corrected chi connectivity index (χ2v) is 3.84. The third-order valence-corrected chi connectivity index (χ3v) is 2.08. The van der Waals surface area contributed by atoms with Gasteiger partial charge in [0.25, 0.3) is 0 Å². The maximum absolute atomic E-state index is 11.4. The van der Waals surface area contributed by atoms with Gasteiger partial charge in [-0.2, -0.15) is 0 Å². The van der Waals surface area contributed by atoms with Gasteiger partial charge in [-0.1, -0.05) is 32.1 Å². The fourth-order valence-electron chi connectivity index (χ4n) is 1.13. The van der Waals surface area contributed by atoms with Gasteiger partial charge in [0.15, 0.2) is 0 Å². The number of carboxylic acids is 1. The molecule has 0 aliphatic rings. The summed E-state index contributed by atoms with van der Waals surface area (Å²) in [6.45, 7) is 5.61. The van der Waals surface area contributed by atoms with E-state index in [4.69, 9.17) is 5.11 Å². The first-order valence-corrected chi connectivity index (χ1v) is 5.29. The predicted octanol–water partition coefficient (Wildman–Crippen LogP) is 1.73. The Labute approximate surface area is 96.0 Å². The van der Waals surface area contributed by atoms with E-state index in [0.29, 0.717) is 0 Å². The van der Waals surface area contributed by atoms with E-state index in [1.165, 1.54) is 6.08 Å². The number of aliphatic carboxylic acids is 1. The molecule has 0 aliphatic carbocycles. The van der Waals surface area contributed by atoms with Gasteiger partial charge in [-0.15, -0.1) is 0 Å². The normalized spacial score (nSPS) is 13.5. The van der Waals surface area contributed by atoms with Gasteiger partial charge in [-0.25, -0.2) is 0 Å². The van der Waals surface area contributed by atoms with Crippen LogP contribution in [0, 0.1) is 5.92 Å². The lowest BCUT2D eigenvalue weighted by atomic mass is 10.0. The van der Waals surface area contributed by atoms with Crippen LogP contribution < -0.4 is 5.32 Å². The summed E-state index contributed by atoms with van der Waals surface area (Å²) in [5.41, 5.74) is 0. The maximum atomic E-state index is 11.4. The molecule has 0 bridgehead atoms. The average Bonchev–Trinajstić information content (AvgIpc) is 2.16. The fourth-order valence-corrected chi connectivity index (χ4v) is 1.13. The number of carbonyl (C=O) groups excluding carboxylic acids is 1. The van der Waals surface area contributed by atoms with Crippen LogP contribution in [0.1, 0.15) is 27.2 Å². The minimum atomic E-state index is -0.906. The van der Waals surface area contributed by atoms with Crippen LogP contribution in [0.5, 0.6) is 0 Å². The first-order valence-electron chi connectivity index (χ1n) is 5.29. The molecule has 1 unspecified atom stereocenters. The van der Waals surface area contributed by atoms with Crippen molar-refractivity contribution in [1.29, 1.82) is 0 Å². The molecule has 1 amide bonds. The molecule has 0 rings (SSSR count). The highest BCUT2D eigenvalue weighted by atomic mass is 16.4. The maximum Gasteiger partial charge on any atom is 0.305 e. The van der Waals surface area contributed by atoms with Crippen molar-refractivity contribution in [2.45, 2.75) is 33.2 Å². The number of carbonyl (C=O) groups is 2. The van der Waals surface area contributed by atoms with Crippen LogP contribution in [0.15, 0.2) is 24.3 Å². The minimum Gasteiger partial charge on any atom is -0.481 e. The standard InChI is InChI=1S/C12H19NO3/c1-4-5-6-7-11(14)13-10(9(2)3)8-12(15)16/h4-7,9-10H,8H2,1-3H3,(H,13,14)(H,15,16). The van der Waals surface area contributed by atoms with Crippen LogP contribution >= 0.6 is 0 Å². The third-order valence-electron chi connectivity index (χ3n) is 2.08. The first-order chi connectivity index (χ1) is 7.47. The molecule has 0 aromatic rings. The Hall–Kier alpha value is -1.58. The summed E-state index contributed by atoms with van der Waals surface area (Å²) in [4.78, 5) is 22.0. The first kappa shape index (κ1) is 14.4. The van der Waals surface area contributed by atoms with Crippen LogP contribution in [-0.4, -0.2) is 23.0 Å². The Kier molecular flexibility index (Phi) is 6.92. The molecule has 0 saturated carbocycles. The van der Waals surface area contributed by atoms with E-state index in [1.807, 2.05) is 20.8 Å². The molecule has 0 aromatic heterocycles. The van der Waals surface area contributed by atoms with E-state index >= 15 is 0 Å². The van der Waals surface area contributed by atoms with Gasteiger partial charge in [-0.3, -0.25) is 9.59 Å². The van der Waals surface area contributed by atoms with Gasteiger partial charge in [0.2, 0.25) is 5.91 Å². The molecule has 0 saturated heterocycles. The van der Waals surface area contributed by atoms with E-state index in [-0.39, 0.29) is 24.3 Å². The second-order valence-electron chi connectivity index (χ2n) is 3.84.